The van der Waals surface area contributed by atoms with E-state index in [1.54, 1.807) is 18.3 Å². The molecule has 6 heteroatoms. The van der Waals surface area contributed by atoms with Crippen LogP contribution in [0.4, 0.5) is 11.8 Å². The molecule has 0 atom stereocenters. The molecule has 4 rings (SSSR count). The van der Waals surface area contributed by atoms with Gasteiger partial charge in [0.1, 0.15) is 5.82 Å². The van der Waals surface area contributed by atoms with Gasteiger partial charge in [0, 0.05) is 23.9 Å². The van der Waals surface area contributed by atoms with Gasteiger partial charge in [-0.05, 0) is 37.1 Å². The van der Waals surface area contributed by atoms with Crippen molar-refractivity contribution in [3.63, 3.8) is 0 Å². The molecule has 3 aromatic rings. The zero-order valence-corrected chi connectivity index (χ0v) is 14.7. The molecule has 2 aromatic heterocycles. The van der Waals surface area contributed by atoms with Gasteiger partial charge >= 0.3 is 0 Å². The number of nitrogens with zero attached hydrogens (tertiary/aromatic N) is 4. The third-order valence-corrected chi connectivity index (χ3v) is 4.38. The fourth-order valence-corrected chi connectivity index (χ4v) is 3.03. The molecule has 130 valence electrons. The second kappa shape index (κ2) is 6.78. The molecular weight excluding hydrogens is 336 g/mol. The van der Waals surface area contributed by atoms with Crippen LogP contribution in [0.2, 0.25) is 0 Å². The number of nitrogen functional groups attached to an aromatic ring is 1. The Morgan fingerprint density at radius 3 is 2.70 bits per heavy atom. The van der Waals surface area contributed by atoms with E-state index in [0.717, 1.165) is 29.9 Å². The molecule has 6 nitrogen and oxygen atoms in total. The van der Waals surface area contributed by atoms with Crippen LogP contribution in [0, 0.1) is 30.1 Å². The van der Waals surface area contributed by atoms with E-state index < -0.39 is 0 Å². The first-order valence-electron chi connectivity index (χ1n) is 8.53. The second-order valence-corrected chi connectivity index (χ2v) is 6.24. The van der Waals surface area contributed by atoms with Gasteiger partial charge in [0.25, 0.3) is 0 Å². The minimum absolute atomic E-state index is 0.197. The van der Waals surface area contributed by atoms with Crippen LogP contribution in [0.1, 0.15) is 27.9 Å². The molecule has 0 bridgehead atoms. The van der Waals surface area contributed by atoms with E-state index in [1.165, 1.54) is 5.56 Å². The van der Waals surface area contributed by atoms with Crippen LogP contribution < -0.4 is 11.1 Å². The summed E-state index contributed by atoms with van der Waals surface area (Å²) in [5, 5.41) is 12.2. The Morgan fingerprint density at radius 1 is 1.11 bits per heavy atom. The quantitative estimate of drug-likeness (QED) is 0.653. The SMILES string of the molecule is Cc1nc(N)nc(-c2ccc(C#N)cc2)c1C#Cc1cnc2c(c1)CCN2. The fraction of sp³-hybridized carbons (Fsp3) is 0.143. The minimum Gasteiger partial charge on any atom is -0.370 e. The van der Waals surface area contributed by atoms with E-state index in [4.69, 9.17) is 11.0 Å². The van der Waals surface area contributed by atoms with Crippen LogP contribution in [0.3, 0.4) is 0 Å². The van der Waals surface area contributed by atoms with Crippen molar-refractivity contribution < 1.29 is 0 Å². The summed E-state index contributed by atoms with van der Waals surface area (Å²) < 4.78 is 0. The first kappa shape index (κ1) is 16.6. The third-order valence-electron chi connectivity index (χ3n) is 4.38. The van der Waals surface area contributed by atoms with Crippen molar-refractivity contribution >= 4 is 11.8 Å². The van der Waals surface area contributed by atoms with Crippen LogP contribution in [0.15, 0.2) is 36.5 Å². The number of aromatic nitrogens is 3. The number of nitrogens with one attached hydrogen (secondary N) is 1. The molecule has 0 unspecified atom stereocenters. The summed E-state index contributed by atoms with van der Waals surface area (Å²) in [5.74, 6) is 7.49. The number of hydrogen-bond donors (Lipinski definition) is 2. The second-order valence-electron chi connectivity index (χ2n) is 6.24. The molecule has 0 saturated carbocycles. The number of hydrogen-bond acceptors (Lipinski definition) is 6. The smallest absolute Gasteiger partial charge is 0.220 e. The van der Waals surface area contributed by atoms with Crippen LogP contribution in [0.25, 0.3) is 11.3 Å². The maximum Gasteiger partial charge on any atom is 0.220 e. The number of benzene rings is 1. The molecule has 0 radical (unpaired) electrons. The molecule has 3 N–H and O–H groups in total. The average Bonchev–Trinajstić information content (AvgIpc) is 3.14. The summed E-state index contributed by atoms with van der Waals surface area (Å²) in [6.45, 7) is 2.77. The lowest BCUT2D eigenvalue weighted by Crippen LogP contribution is -2.03. The van der Waals surface area contributed by atoms with Crippen LogP contribution in [0.5, 0.6) is 0 Å². The Hall–Kier alpha value is -3.90. The van der Waals surface area contributed by atoms with Gasteiger partial charge in [0.2, 0.25) is 5.95 Å². The van der Waals surface area contributed by atoms with Gasteiger partial charge in [0.15, 0.2) is 0 Å². The number of nitrogens with two attached hydrogens (primary N) is 1. The largest absolute Gasteiger partial charge is 0.370 e. The van der Waals surface area contributed by atoms with E-state index in [0.29, 0.717) is 22.5 Å². The molecular formula is C21H16N6. The molecule has 3 heterocycles. The van der Waals surface area contributed by atoms with Crippen LogP contribution in [-0.4, -0.2) is 21.5 Å². The highest BCUT2D eigenvalue weighted by Crippen LogP contribution is 2.24. The molecule has 0 aliphatic carbocycles. The predicted molar refractivity (Wildman–Crippen MR) is 104 cm³/mol. The first-order chi connectivity index (χ1) is 13.1. The summed E-state index contributed by atoms with van der Waals surface area (Å²) in [4.78, 5) is 13.0. The molecule has 1 aliphatic heterocycles. The highest BCUT2D eigenvalue weighted by molar-refractivity contribution is 5.70. The molecule has 0 spiro atoms. The van der Waals surface area contributed by atoms with Crippen molar-refractivity contribution in [2.24, 2.45) is 0 Å². The fourth-order valence-electron chi connectivity index (χ4n) is 3.03. The van der Waals surface area contributed by atoms with E-state index in [2.05, 4.69) is 44.2 Å². The van der Waals surface area contributed by atoms with Crippen molar-refractivity contribution in [2.45, 2.75) is 13.3 Å². The lowest BCUT2D eigenvalue weighted by molar-refractivity contribution is 1.10. The number of fused-ring (bicyclic) bond motifs is 1. The number of aryl methyl sites for hydroxylation is 1. The van der Waals surface area contributed by atoms with E-state index in [9.17, 15) is 0 Å². The third kappa shape index (κ3) is 3.29. The van der Waals surface area contributed by atoms with Gasteiger partial charge < -0.3 is 11.1 Å². The van der Waals surface area contributed by atoms with E-state index in [-0.39, 0.29) is 5.95 Å². The molecule has 0 saturated heterocycles. The van der Waals surface area contributed by atoms with E-state index >= 15 is 0 Å². The van der Waals surface area contributed by atoms with Gasteiger partial charge in [-0.1, -0.05) is 24.0 Å². The normalized spacial score (nSPS) is 11.7. The van der Waals surface area contributed by atoms with Gasteiger partial charge in [-0.25, -0.2) is 15.0 Å². The first-order valence-corrected chi connectivity index (χ1v) is 8.53. The Kier molecular flexibility index (Phi) is 4.16. The monoisotopic (exact) mass is 352 g/mol. The summed E-state index contributed by atoms with van der Waals surface area (Å²) in [5.41, 5.74) is 11.4. The molecule has 1 aliphatic rings. The minimum atomic E-state index is 0.197. The Morgan fingerprint density at radius 2 is 1.93 bits per heavy atom. The highest BCUT2D eigenvalue weighted by Gasteiger charge is 2.13. The van der Waals surface area contributed by atoms with E-state index in [1.807, 2.05) is 19.1 Å². The number of anilines is 2. The van der Waals surface area contributed by atoms with Crippen molar-refractivity contribution in [3.8, 4) is 29.2 Å². The van der Waals surface area contributed by atoms with Gasteiger partial charge in [0.05, 0.1) is 28.6 Å². The zero-order chi connectivity index (χ0) is 18.8. The van der Waals surface area contributed by atoms with Crippen molar-refractivity contribution in [3.05, 3.63) is 64.5 Å². The molecule has 1 aromatic carbocycles. The zero-order valence-electron chi connectivity index (χ0n) is 14.7. The number of nitriles is 1. The Labute approximate surface area is 157 Å². The molecule has 0 amide bonds. The standard InChI is InChI=1S/C21H16N6/c1-13-18(7-4-15-10-17-8-9-24-20(17)25-12-15)19(27-21(23)26-13)16-5-2-14(11-22)3-6-16/h2-3,5-6,10,12H,8-9H2,1H3,(H,24,25)(H2,23,26,27). The maximum atomic E-state index is 8.99. The summed E-state index contributed by atoms with van der Waals surface area (Å²) in [6, 6.07) is 11.3. The lowest BCUT2D eigenvalue weighted by atomic mass is 10.0. The van der Waals surface area contributed by atoms with Gasteiger partial charge in [-0.15, -0.1) is 0 Å². The summed E-state index contributed by atoms with van der Waals surface area (Å²) >= 11 is 0. The van der Waals surface area contributed by atoms with Crippen LogP contribution in [-0.2, 0) is 6.42 Å². The van der Waals surface area contributed by atoms with Crippen molar-refractivity contribution in [1.29, 1.82) is 5.26 Å². The topological polar surface area (TPSA) is 101 Å². The molecule has 27 heavy (non-hydrogen) atoms. The summed E-state index contributed by atoms with van der Waals surface area (Å²) in [7, 11) is 0. The van der Waals surface area contributed by atoms with Gasteiger partial charge in [-0.2, -0.15) is 5.26 Å². The average molecular weight is 352 g/mol. The predicted octanol–water partition coefficient (Wildman–Crippen LogP) is 2.67. The number of rotatable bonds is 1. The number of pyridine rings is 1. The van der Waals surface area contributed by atoms with Crippen molar-refractivity contribution in [1.82, 2.24) is 15.0 Å². The summed E-state index contributed by atoms with van der Waals surface area (Å²) in [6.07, 6.45) is 2.72. The Balaban J connectivity index is 1.78. The maximum absolute atomic E-state index is 8.99. The lowest BCUT2D eigenvalue weighted by Gasteiger charge is -2.08. The Bertz CT molecular complexity index is 1130. The van der Waals surface area contributed by atoms with Crippen molar-refractivity contribution in [2.75, 3.05) is 17.6 Å². The van der Waals surface area contributed by atoms with Crippen LogP contribution >= 0.6 is 0 Å². The molecule has 0 fully saturated rings. The highest BCUT2D eigenvalue weighted by atomic mass is 15.0. The van der Waals surface area contributed by atoms with Gasteiger partial charge in [-0.3, -0.25) is 0 Å².